The first kappa shape index (κ1) is 20.1. The lowest BCUT2D eigenvalue weighted by Crippen LogP contribution is -2.47. The predicted molar refractivity (Wildman–Crippen MR) is 110 cm³/mol. The van der Waals surface area contributed by atoms with Crippen molar-refractivity contribution < 1.29 is 19.1 Å². The summed E-state index contributed by atoms with van der Waals surface area (Å²) in [7, 11) is 0. The van der Waals surface area contributed by atoms with Crippen LogP contribution in [0.15, 0.2) is 60.7 Å². The highest BCUT2D eigenvalue weighted by Crippen LogP contribution is 2.32. The Hall–Kier alpha value is -3.19. The van der Waals surface area contributed by atoms with E-state index in [4.69, 9.17) is 4.74 Å². The molecule has 4 rings (SSSR count). The number of hydrogen-bond acceptors (Lipinski definition) is 4. The maximum atomic E-state index is 13.5. The summed E-state index contributed by atoms with van der Waals surface area (Å²) in [5.41, 5.74) is 0.364. The number of imide groups is 1. The Morgan fingerprint density at radius 3 is 2.47 bits per heavy atom. The molecule has 0 saturated carbocycles. The standard InChI is InChI=1S/C23H25N3O4/c27-20(24-15-19-12-7-13-30-19)16-26-21(28)23(25-22(26)29,18-10-5-2-6-11-18)14-17-8-3-1-4-9-17/h1-6,8-11,19H,7,12-16H2,(H,24,27)(H,25,29)/t19-,23+/m0/s1. The molecule has 0 radical (unpaired) electrons. The van der Waals surface area contributed by atoms with E-state index in [1.807, 2.05) is 60.7 Å². The van der Waals surface area contributed by atoms with Crippen molar-refractivity contribution in [2.24, 2.45) is 0 Å². The van der Waals surface area contributed by atoms with Gasteiger partial charge in [-0.05, 0) is 24.0 Å². The van der Waals surface area contributed by atoms with E-state index in [1.165, 1.54) is 0 Å². The summed E-state index contributed by atoms with van der Waals surface area (Å²) >= 11 is 0. The first-order chi connectivity index (χ1) is 14.6. The third-order valence-electron chi connectivity index (χ3n) is 5.61. The maximum Gasteiger partial charge on any atom is 0.325 e. The van der Waals surface area contributed by atoms with Crippen molar-refractivity contribution in [1.82, 2.24) is 15.5 Å². The van der Waals surface area contributed by atoms with Gasteiger partial charge in [0, 0.05) is 19.6 Å². The molecule has 30 heavy (non-hydrogen) atoms. The van der Waals surface area contributed by atoms with Gasteiger partial charge in [0.25, 0.3) is 5.91 Å². The van der Waals surface area contributed by atoms with Gasteiger partial charge in [0.1, 0.15) is 6.54 Å². The number of ether oxygens (including phenoxy) is 1. The van der Waals surface area contributed by atoms with Gasteiger partial charge in [-0.25, -0.2) is 4.79 Å². The zero-order valence-electron chi connectivity index (χ0n) is 16.7. The van der Waals surface area contributed by atoms with Crippen LogP contribution in [-0.4, -0.2) is 48.5 Å². The van der Waals surface area contributed by atoms with Crippen molar-refractivity contribution in [3.8, 4) is 0 Å². The fourth-order valence-corrected chi connectivity index (χ4v) is 4.04. The largest absolute Gasteiger partial charge is 0.376 e. The average molecular weight is 407 g/mol. The maximum absolute atomic E-state index is 13.5. The topological polar surface area (TPSA) is 87.7 Å². The molecule has 2 N–H and O–H groups in total. The van der Waals surface area contributed by atoms with Crippen molar-refractivity contribution in [2.45, 2.75) is 30.9 Å². The number of nitrogens with one attached hydrogen (secondary N) is 2. The summed E-state index contributed by atoms with van der Waals surface area (Å²) in [4.78, 5) is 39.6. The molecular weight excluding hydrogens is 382 g/mol. The molecule has 2 aliphatic heterocycles. The average Bonchev–Trinajstić information content (AvgIpc) is 3.37. The molecule has 2 aromatic rings. The van der Waals surface area contributed by atoms with Crippen LogP contribution >= 0.6 is 0 Å². The van der Waals surface area contributed by atoms with E-state index < -0.39 is 17.5 Å². The van der Waals surface area contributed by atoms with Gasteiger partial charge in [0.2, 0.25) is 5.91 Å². The summed E-state index contributed by atoms with van der Waals surface area (Å²) in [6.07, 6.45) is 2.18. The number of urea groups is 1. The molecule has 4 amide bonds. The van der Waals surface area contributed by atoms with Crippen molar-refractivity contribution >= 4 is 17.8 Å². The zero-order valence-corrected chi connectivity index (χ0v) is 16.7. The summed E-state index contributed by atoms with van der Waals surface area (Å²) in [6.45, 7) is 0.768. The summed E-state index contributed by atoms with van der Waals surface area (Å²) in [5.74, 6) is -0.799. The zero-order chi connectivity index (χ0) is 21.0. The first-order valence-electron chi connectivity index (χ1n) is 10.2. The lowest BCUT2D eigenvalue weighted by molar-refractivity contribution is -0.135. The fraction of sp³-hybridized carbons (Fsp3) is 0.348. The number of hydrogen-bond donors (Lipinski definition) is 2. The molecule has 0 spiro atoms. The number of carbonyl (C=O) groups excluding carboxylic acids is 3. The van der Waals surface area contributed by atoms with Crippen LogP contribution in [0.1, 0.15) is 24.0 Å². The van der Waals surface area contributed by atoms with Crippen molar-refractivity contribution in [1.29, 1.82) is 0 Å². The van der Waals surface area contributed by atoms with Gasteiger partial charge < -0.3 is 15.4 Å². The van der Waals surface area contributed by atoms with Gasteiger partial charge in [-0.3, -0.25) is 14.5 Å². The van der Waals surface area contributed by atoms with Crippen LogP contribution in [0.25, 0.3) is 0 Å². The van der Waals surface area contributed by atoms with Crippen LogP contribution in [-0.2, 0) is 26.3 Å². The molecule has 2 fully saturated rings. The second-order valence-electron chi connectivity index (χ2n) is 7.69. The van der Waals surface area contributed by atoms with E-state index in [9.17, 15) is 14.4 Å². The van der Waals surface area contributed by atoms with Gasteiger partial charge in [-0.15, -0.1) is 0 Å². The molecule has 0 aliphatic carbocycles. The second kappa shape index (κ2) is 8.67. The minimum atomic E-state index is -1.24. The van der Waals surface area contributed by atoms with E-state index in [0.29, 0.717) is 25.1 Å². The van der Waals surface area contributed by atoms with Crippen molar-refractivity contribution in [3.05, 3.63) is 71.8 Å². The molecule has 2 atom stereocenters. The third kappa shape index (κ3) is 4.07. The summed E-state index contributed by atoms with van der Waals surface area (Å²) < 4.78 is 5.50. The molecule has 0 aromatic heterocycles. The quantitative estimate of drug-likeness (QED) is 0.687. The Morgan fingerprint density at radius 1 is 1.10 bits per heavy atom. The monoisotopic (exact) mass is 407 g/mol. The summed E-state index contributed by atoms with van der Waals surface area (Å²) in [5, 5.41) is 5.64. The highest BCUT2D eigenvalue weighted by Gasteiger charge is 2.52. The van der Waals surface area contributed by atoms with E-state index in [1.54, 1.807) is 0 Å². The summed E-state index contributed by atoms with van der Waals surface area (Å²) in [6, 6.07) is 18.1. The van der Waals surface area contributed by atoms with E-state index in [0.717, 1.165) is 23.3 Å². The highest BCUT2D eigenvalue weighted by atomic mass is 16.5. The smallest absolute Gasteiger partial charge is 0.325 e. The molecule has 2 saturated heterocycles. The minimum Gasteiger partial charge on any atom is -0.376 e. The van der Waals surface area contributed by atoms with E-state index >= 15 is 0 Å². The molecule has 7 nitrogen and oxygen atoms in total. The lowest BCUT2D eigenvalue weighted by Gasteiger charge is -2.27. The van der Waals surface area contributed by atoms with Crippen LogP contribution in [0.2, 0.25) is 0 Å². The Kier molecular flexibility index (Phi) is 5.81. The van der Waals surface area contributed by atoms with Gasteiger partial charge >= 0.3 is 6.03 Å². The number of nitrogens with zero attached hydrogens (tertiary/aromatic N) is 1. The Labute approximate surface area is 175 Å². The van der Waals surface area contributed by atoms with Gasteiger partial charge in [-0.1, -0.05) is 60.7 Å². The second-order valence-corrected chi connectivity index (χ2v) is 7.69. The fourth-order valence-electron chi connectivity index (χ4n) is 4.04. The third-order valence-corrected chi connectivity index (χ3v) is 5.61. The number of amides is 4. The number of carbonyl (C=O) groups is 3. The Morgan fingerprint density at radius 2 is 1.80 bits per heavy atom. The molecule has 2 heterocycles. The van der Waals surface area contributed by atoms with Crippen LogP contribution in [0.3, 0.4) is 0 Å². The van der Waals surface area contributed by atoms with E-state index in [-0.39, 0.29) is 18.6 Å². The molecule has 2 aliphatic rings. The molecule has 0 unspecified atom stereocenters. The Balaban J connectivity index is 1.53. The van der Waals surface area contributed by atoms with E-state index in [2.05, 4.69) is 10.6 Å². The van der Waals surface area contributed by atoms with Crippen LogP contribution in [0.5, 0.6) is 0 Å². The van der Waals surface area contributed by atoms with Gasteiger partial charge in [-0.2, -0.15) is 0 Å². The molecular formula is C23H25N3O4. The SMILES string of the molecule is O=C(CN1C(=O)N[C@](Cc2ccccc2)(c2ccccc2)C1=O)NC[C@@H]1CCCO1. The van der Waals surface area contributed by atoms with Crippen LogP contribution in [0, 0.1) is 0 Å². The molecule has 156 valence electrons. The Bertz CT molecular complexity index is 913. The van der Waals surface area contributed by atoms with Crippen LogP contribution in [0.4, 0.5) is 4.79 Å². The molecule has 7 heteroatoms. The predicted octanol–water partition coefficient (Wildman–Crippen LogP) is 1.97. The van der Waals surface area contributed by atoms with Crippen LogP contribution < -0.4 is 10.6 Å². The van der Waals surface area contributed by atoms with Crippen molar-refractivity contribution in [3.63, 3.8) is 0 Å². The normalized spacial score (nSPS) is 23.5. The number of rotatable bonds is 7. The molecule has 2 aromatic carbocycles. The minimum absolute atomic E-state index is 0.00135. The highest BCUT2D eigenvalue weighted by molar-refractivity contribution is 6.09. The lowest BCUT2D eigenvalue weighted by atomic mass is 9.83. The van der Waals surface area contributed by atoms with Gasteiger partial charge in [0.05, 0.1) is 6.10 Å². The first-order valence-corrected chi connectivity index (χ1v) is 10.2. The van der Waals surface area contributed by atoms with Crippen molar-refractivity contribution in [2.75, 3.05) is 19.7 Å². The van der Waals surface area contributed by atoms with Gasteiger partial charge in [0.15, 0.2) is 5.54 Å². The number of benzene rings is 2. The molecule has 0 bridgehead atoms.